The molecule has 1 atom stereocenters. The molecule has 3 heteroatoms. The van der Waals surface area contributed by atoms with Crippen LogP contribution in [0.2, 0.25) is 0 Å². The molecule has 1 N–H and O–H groups in total. The highest BCUT2D eigenvalue weighted by molar-refractivity contribution is 5.65. The number of hydrogen-bond acceptors (Lipinski definition) is 3. The maximum absolute atomic E-state index is 11.1. The molecule has 0 radical (unpaired) electrons. The van der Waals surface area contributed by atoms with Crippen molar-refractivity contribution in [3.63, 3.8) is 0 Å². The van der Waals surface area contributed by atoms with Crippen LogP contribution in [-0.4, -0.2) is 10.3 Å². The fourth-order valence-electron chi connectivity index (χ4n) is 2.65. The third-order valence-electron chi connectivity index (χ3n) is 3.73. The molecule has 0 unspecified atom stereocenters. The Bertz CT molecular complexity index is 730. The van der Waals surface area contributed by atoms with Crippen LogP contribution >= 0.6 is 0 Å². The zero-order valence-electron chi connectivity index (χ0n) is 12.1. The van der Waals surface area contributed by atoms with Crippen LogP contribution < -0.4 is 0 Å². The third kappa shape index (κ3) is 2.36. The Balaban J connectivity index is 2.17. The Morgan fingerprint density at radius 1 is 0.952 bits per heavy atom. The molecule has 2 aromatic carbocycles. The number of rotatable bonds is 3. The summed E-state index contributed by atoms with van der Waals surface area (Å²) in [4.78, 5) is 0. The summed E-state index contributed by atoms with van der Waals surface area (Å²) in [5.74, 6) is 0.628. The molecule has 106 valence electrons. The zero-order chi connectivity index (χ0) is 14.9. The lowest BCUT2D eigenvalue weighted by Crippen LogP contribution is -2.24. The first-order valence-electron chi connectivity index (χ1n) is 6.91. The lowest BCUT2D eigenvalue weighted by Gasteiger charge is -2.24. The van der Waals surface area contributed by atoms with Gasteiger partial charge >= 0.3 is 0 Å². The van der Waals surface area contributed by atoms with Crippen LogP contribution in [0, 0.1) is 6.92 Å². The van der Waals surface area contributed by atoms with Gasteiger partial charge in [0, 0.05) is 5.56 Å². The van der Waals surface area contributed by atoms with E-state index in [4.69, 9.17) is 4.52 Å². The van der Waals surface area contributed by atoms with Crippen LogP contribution in [0.4, 0.5) is 0 Å². The molecular formula is C18H17NO2. The van der Waals surface area contributed by atoms with Gasteiger partial charge in [-0.1, -0.05) is 65.8 Å². The Morgan fingerprint density at radius 2 is 1.52 bits per heavy atom. The molecule has 1 heterocycles. The summed E-state index contributed by atoms with van der Waals surface area (Å²) in [6.45, 7) is 3.60. The first-order valence-corrected chi connectivity index (χ1v) is 6.91. The van der Waals surface area contributed by atoms with Gasteiger partial charge in [0.05, 0.1) is 5.56 Å². The first kappa shape index (κ1) is 13.6. The SMILES string of the molecule is Cc1onc(-c2ccccc2)c1[C@](C)(O)c1ccccc1. The van der Waals surface area contributed by atoms with Gasteiger partial charge in [0.2, 0.25) is 0 Å². The molecule has 0 amide bonds. The molecule has 1 aromatic heterocycles. The standard InChI is InChI=1S/C18H17NO2/c1-13-16(18(2,20)15-11-7-4-8-12-15)17(19-21-13)14-9-5-3-6-10-14/h3-12,20H,1-2H3/t18-/m1/s1. The lowest BCUT2D eigenvalue weighted by molar-refractivity contribution is 0.101. The molecule has 0 spiro atoms. The summed E-state index contributed by atoms with van der Waals surface area (Å²) >= 11 is 0. The predicted octanol–water partition coefficient (Wildman–Crippen LogP) is 3.91. The van der Waals surface area contributed by atoms with Crippen molar-refractivity contribution in [3.05, 3.63) is 77.6 Å². The Kier molecular flexibility index (Phi) is 3.35. The van der Waals surface area contributed by atoms with E-state index in [9.17, 15) is 5.11 Å². The van der Waals surface area contributed by atoms with E-state index in [0.29, 0.717) is 17.0 Å². The molecule has 3 aromatic rings. The number of aromatic nitrogens is 1. The smallest absolute Gasteiger partial charge is 0.140 e. The van der Waals surface area contributed by atoms with Crippen LogP contribution in [0.3, 0.4) is 0 Å². The molecule has 0 aliphatic carbocycles. The number of benzene rings is 2. The second kappa shape index (κ2) is 5.19. The maximum atomic E-state index is 11.1. The zero-order valence-corrected chi connectivity index (χ0v) is 12.1. The Hall–Kier alpha value is -2.39. The Labute approximate surface area is 123 Å². The quantitative estimate of drug-likeness (QED) is 0.790. The molecule has 0 aliphatic rings. The second-order valence-corrected chi connectivity index (χ2v) is 5.27. The van der Waals surface area contributed by atoms with E-state index in [1.54, 1.807) is 6.92 Å². The van der Waals surface area contributed by atoms with E-state index < -0.39 is 5.60 Å². The van der Waals surface area contributed by atoms with Gasteiger partial charge in [-0.3, -0.25) is 0 Å². The van der Waals surface area contributed by atoms with Crippen molar-refractivity contribution in [1.29, 1.82) is 0 Å². The minimum absolute atomic E-state index is 0.628. The van der Waals surface area contributed by atoms with E-state index in [1.165, 1.54) is 0 Å². The normalized spacial score (nSPS) is 13.9. The van der Waals surface area contributed by atoms with Crippen molar-refractivity contribution in [1.82, 2.24) is 5.16 Å². The predicted molar refractivity (Wildman–Crippen MR) is 81.8 cm³/mol. The van der Waals surface area contributed by atoms with Crippen molar-refractivity contribution in [3.8, 4) is 11.3 Å². The summed E-state index contributed by atoms with van der Waals surface area (Å²) in [6.07, 6.45) is 0. The van der Waals surface area contributed by atoms with Gasteiger partial charge in [0.25, 0.3) is 0 Å². The van der Waals surface area contributed by atoms with E-state index in [1.807, 2.05) is 67.6 Å². The van der Waals surface area contributed by atoms with Gasteiger partial charge < -0.3 is 9.63 Å². The minimum atomic E-state index is -1.16. The average Bonchev–Trinajstić information content (AvgIpc) is 2.91. The van der Waals surface area contributed by atoms with Crippen LogP contribution in [0.5, 0.6) is 0 Å². The molecule has 0 aliphatic heterocycles. The van der Waals surface area contributed by atoms with Crippen LogP contribution in [0.25, 0.3) is 11.3 Å². The fraction of sp³-hybridized carbons (Fsp3) is 0.167. The topological polar surface area (TPSA) is 46.3 Å². The largest absolute Gasteiger partial charge is 0.380 e. The highest BCUT2D eigenvalue weighted by Gasteiger charge is 2.33. The van der Waals surface area contributed by atoms with Gasteiger partial charge in [-0.2, -0.15) is 0 Å². The molecule has 0 bridgehead atoms. The van der Waals surface area contributed by atoms with Gasteiger partial charge in [-0.15, -0.1) is 0 Å². The molecule has 3 nitrogen and oxygen atoms in total. The van der Waals surface area contributed by atoms with E-state index in [-0.39, 0.29) is 0 Å². The van der Waals surface area contributed by atoms with Crippen molar-refractivity contribution in [2.75, 3.05) is 0 Å². The molecular weight excluding hydrogens is 262 g/mol. The third-order valence-corrected chi connectivity index (χ3v) is 3.73. The summed E-state index contributed by atoms with van der Waals surface area (Å²) in [5.41, 5.74) is 1.98. The van der Waals surface area contributed by atoms with Gasteiger partial charge in [0.15, 0.2) is 0 Å². The lowest BCUT2D eigenvalue weighted by atomic mass is 9.85. The minimum Gasteiger partial charge on any atom is -0.380 e. The monoisotopic (exact) mass is 279 g/mol. The summed E-state index contributed by atoms with van der Waals surface area (Å²) in [7, 11) is 0. The number of aliphatic hydroxyl groups is 1. The number of nitrogens with zero attached hydrogens (tertiary/aromatic N) is 1. The van der Waals surface area contributed by atoms with Crippen LogP contribution in [-0.2, 0) is 5.60 Å². The number of hydrogen-bond donors (Lipinski definition) is 1. The molecule has 3 rings (SSSR count). The fourth-order valence-corrected chi connectivity index (χ4v) is 2.65. The van der Waals surface area contributed by atoms with Crippen molar-refractivity contribution in [2.24, 2.45) is 0 Å². The summed E-state index contributed by atoms with van der Waals surface area (Å²) in [6, 6.07) is 19.3. The van der Waals surface area contributed by atoms with E-state index >= 15 is 0 Å². The van der Waals surface area contributed by atoms with Gasteiger partial charge in [-0.05, 0) is 19.4 Å². The van der Waals surface area contributed by atoms with Crippen molar-refractivity contribution < 1.29 is 9.63 Å². The van der Waals surface area contributed by atoms with E-state index in [2.05, 4.69) is 5.16 Å². The first-order chi connectivity index (χ1) is 10.1. The number of aryl methyl sites for hydroxylation is 1. The molecule has 21 heavy (non-hydrogen) atoms. The summed E-state index contributed by atoms with van der Waals surface area (Å²) < 4.78 is 5.35. The molecule has 0 fully saturated rings. The maximum Gasteiger partial charge on any atom is 0.140 e. The Morgan fingerprint density at radius 3 is 2.14 bits per heavy atom. The molecule has 0 saturated heterocycles. The molecule has 0 saturated carbocycles. The van der Waals surface area contributed by atoms with Crippen LogP contribution in [0.1, 0.15) is 23.8 Å². The highest BCUT2D eigenvalue weighted by Crippen LogP contribution is 2.37. The highest BCUT2D eigenvalue weighted by atomic mass is 16.5. The van der Waals surface area contributed by atoms with Crippen molar-refractivity contribution in [2.45, 2.75) is 19.4 Å². The van der Waals surface area contributed by atoms with Crippen LogP contribution in [0.15, 0.2) is 65.2 Å². The van der Waals surface area contributed by atoms with Gasteiger partial charge in [-0.25, -0.2) is 0 Å². The van der Waals surface area contributed by atoms with Crippen molar-refractivity contribution >= 4 is 0 Å². The second-order valence-electron chi connectivity index (χ2n) is 5.27. The van der Waals surface area contributed by atoms with Gasteiger partial charge in [0.1, 0.15) is 17.1 Å². The average molecular weight is 279 g/mol. The summed E-state index contributed by atoms with van der Waals surface area (Å²) in [5, 5.41) is 15.2. The van der Waals surface area contributed by atoms with E-state index in [0.717, 1.165) is 11.1 Å².